The van der Waals surface area contributed by atoms with E-state index in [-0.39, 0.29) is 11.5 Å². The van der Waals surface area contributed by atoms with Crippen LogP contribution in [-0.4, -0.2) is 90.0 Å². The molecule has 0 aliphatic carbocycles. The standard InChI is InChI=1S/C30H42N6O4S2/c1-31-41(37,38)21-23-7-9-29-27(17-23)25(19-33-29)5-3-11-35-13-15-36(16-14-35)12-4-6-26-20-34-30-10-8-24(18-28(26)30)22-42(39,40)32-2/h7-10,17-20,31-34H,3-6,11-16,21-22H2,1-2H3. The Hall–Kier alpha value is -2.74. The molecule has 4 N–H and O–H groups in total. The third kappa shape index (κ3) is 7.80. The van der Waals surface area contributed by atoms with Crippen molar-refractivity contribution in [2.24, 2.45) is 0 Å². The van der Waals surface area contributed by atoms with Gasteiger partial charge in [-0.05, 0) is 99.4 Å². The van der Waals surface area contributed by atoms with Crippen molar-refractivity contribution in [1.82, 2.24) is 29.2 Å². The number of aromatic amines is 2. The number of piperazine rings is 1. The number of rotatable bonds is 14. The third-order valence-corrected chi connectivity index (χ3v) is 11.0. The molecule has 1 saturated heterocycles. The van der Waals surface area contributed by atoms with Crippen LogP contribution < -0.4 is 9.44 Å². The van der Waals surface area contributed by atoms with Crippen LogP contribution in [0.5, 0.6) is 0 Å². The van der Waals surface area contributed by atoms with Gasteiger partial charge in [-0.1, -0.05) is 12.1 Å². The zero-order valence-corrected chi connectivity index (χ0v) is 26.1. The van der Waals surface area contributed by atoms with Crippen LogP contribution >= 0.6 is 0 Å². The molecule has 0 bridgehead atoms. The van der Waals surface area contributed by atoms with Crippen molar-refractivity contribution in [1.29, 1.82) is 0 Å². The Kier molecular flexibility index (Phi) is 9.70. The first kappa shape index (κ1) is 30.7. The molecule has 4 aromatic rings. The highest BCUT2D eigenvalue weighted by atomic mass is 32.2. The van der Waals surface area contributed by atoms with Gasteiger partial charge in [-0.3, -0.25) is 0 Å². The van der Waals surface area contributed by atoms with E-state index in [1.54, 1.807) is 0 Å². The van der Waals surface area contributed by atoms with Crippen LogP contribution in [0.4, 0.5) is 0 Å². The summed E-state index contributed by atoms with van der Waals surface area (Å²) >= 11 is 0. The van der Waals surface area contributed by atoms with E-state index in [9.17, 15) is 16.8 Å². The highest BCUT2D eigenvalue weighted by Crippen LogP contribution is 2.24. The van der Waals surface area contributed by atoms with Crippen LogP contribution in [0.3, 0.4) is 0 Å². The van der Waals surface area contributed by atoms with E-state index in [4.69, 9.17) is 0 Å². The Bertz CT molecular complexity index is 1590. The van der Waals surface area contributed by atoms with Gasteiger partial charge in [0.1, 0.15) is 0 Å². The van der Waals surface area contributed by atoms with E-state index in [2.05, 4.69) is 41.6 Å². The largest absolute Gasteiger partial charge is 0.361 e. The van der Waals surface area contributed by atoms with Crippen molar-refractivity contribution in [3.63, 3.8) is 0 Å². The molecule has 10 nitrogen and oxygen atoms in total. The average molecular weight is 615 g/mol. The minimum absolute atomic E-state index is 0.0135. The topological polar surface area (TPSA) is 130 Å². The summed E-state index contributed by atoms with van der Waals surface area (Å²) < 4.78 is 52.6. The van der Waals surface area contributed by atoms with Gasteiger partial charge >= 0.3 is 0 Å². The number of hydrogen-bond acceptors (Lipinski definition) is 6. The molecule has 1 aliphatic rings. The van der Waals surface area contributed by atoms with Gasteiger partial charge in [0.25, 0.3) is 0 Å². The fourth-order valence-corrected chi connectivity index (χ4v) is 7.38. The summed E-state index contributed by atoms with van der Waals surface area (Å²) in [5.41, 5.74) is 6.14. The first-order valence-electron chi connectivity index (χ1n) is 14.6. The molecular weight excluding hydrogens is 573 g/mol. The molecule has 0 spiro atoms. The lowest BCUT2D eigenvalue weighted by molar-refractivity contribution is 0.130. The van der Waals surface area contributed by atoms with Crippen LogP contribution in [0, 0.1) is 0 Å². The Balaban J connectivity index is 1.05. The molecule has 0 unspecified atom stereocenters. The predicted octanol–water partition coefficient (Wildman–Crippen LogP) is 2.93. The van der Waals surface area contributed by atoms with Crippen LogP contribution in [-0.2, 0) is 44.4 Å². The molecule has 0 radical (unpaired) electrons. The minimum Gasteiger partial charge on any atom is -0.361 e. The molecule has 0 saturated carbocycles. The summed E-state index contributed by atoms with van der Waals surface area (Å²) in [6.07, 6.45) is 8.13. The number of aromatic nitrogens is 2. The number of benzene rings is 2. The van der Waals surface area contributed by atoms with Gasteiger partial charge in [0.2, 0.25) is 20.0 Å². The predicted molar refractivity (Wildman–Crippen MR) is 169 cm³/mol. The lowest BCUT2D eigenvalue weighted by Gasteiger charge is -2.34. The summed E-state index contributed by atoms with van der Waals surface area (Å²) in [4.78, 5) is 11.7. The third-order valence-electron chi connectivity index (χ3n) is 8.30. The lowest BCUT2D eigenvalue weighted by atomic mass is 10.1. The number of H-pyrrole nitrogens is 2. The zero-order chi connectivity index (χ0) is 29.7. The zero-order valence-electron chi connectivity index (χ0n) is 24.4. The fraction of sp³-hybridized carbons (Fsp3) is 0.467. The van der Waals surface area contributed by atoms with Gasteiger partial charge < -0.3 is 19.8 Å². The SMILES string of the molecule is CNS(=O)(=O)Cc1ccc2[nH]cc(CCCN3CCN(CCCc4c[nH]c5ccc(CS(=O)(=O)NC)cc45)CC3)c2c1. The van der Waals surface area contributed by atoms with E-state index >= 15 is 0 Å². The molecule has 2 aromatic heterocycles. The molecule has 2 aromatic carbocycles. The summed E-state index contributed by atoms with van der Waals surface area (Å²) in [5.74, 6) is -0.0269. The van der Waals surface area contributed by atoms with Gasteiger partial charge in [-0.2, -0.15) is 0 Å². The number of fused-ring (bicyclic) bond motifs is 2. The number of hydrogen-bond donors (Lipinski definition) is 4. The van der Waals surface area contributed by atoms with Gasteiger partial charge in [0, 0.05) is 60.4 Å². The average Bonchev–Trinajstić information content (AvgIpc) is 3.57. The maximum absolute atomic E-state index is 12.0. The van der Waals surface area contributed by atoms with Crippen molar-refractivity contribution >= 4 is 41.9 Å². The summed E-state index contributed by atoms with van der Waals surface area (Å²) in [6, 6.07) is 11.7. The van der Waals surface area contributed by atoms with E-state index in [0.29, 0.717) is 0 Å². The minimum atomic E-state index is -3.30. The first-order valence-corrected chi connectivity index (χ1v) is 17.9. The van der Waals surface area contributed by atoms with Gasteiger partial charge in [0.15, 0.2) is 0 Å². The van der Waals surface area contributed by atoms with Gasteiger partial charge in [-0.15, -0.1) is 0 Å². The maximum Gasteiger partial charge on any atom is 0.215 e. The van der Waals surface area contributed by atoms with E-state index in [1.807, 2.05) is 36.4 Å². The molecule has 5 rings (SSSR count). The van der Waals surface area contributed by atoms with Crippen molar-refractivity contribution in [3.05, 3.63) is 71.0 Å². The molecule has 42 heavy (non-hydrogen) atoms. The van der Waals surface area contributed by atoms with Crippen LogP contribution in [0.1, 0.15) is 35.1 Å². The number of aryl methyl sites for hydroxylation is 2. The summed E-state index contributed by atoms with van der Waals surface area (Å²) in [6.45, 7) is 6.36. The van der Waals surface area contributed by atoms with E-state index in [1.165, 1.54) is 25.2 Å². The summed E-state index contributed by atoms with van der Waals surface area (Å²) in [7, 11) is -3.71. The Labute approximate surface area is 249 Å². The second-order valence-electron chi connectivity index (χ2n) is 11.2. The lowest BCUT2D eigenvalue weighted by Crippen LogP contribution is -2.46. The van der Waals surface area contributed by atoms with E-state index in [0.717, 1.165) is 97.9 Å². The van der Waals surface area contributed by atoms with Crippen molar-refractivity contribution in [3.8, 4) is 0 Å². The molecule has 0 atom stereocenters. The second kappa shape index (κ2) is 13.3. The number of nitrogens with zero attached hydrogens (tertiary/aromatic N) is 2. The highest BCUT2D eigenvalue weighted by Gasteiger charge is 2.17. The molecule has 1 aliphatic heterocycles. The molecule has 0 amide bonds. The Morgan fingerprint density at radius 1 is 0.667 bits per heavy atom. The van der Waals surface area contributed by atoms with Gasteiger partial charge in [0.05, 0.1) is 11.5 Å². The van der Waals surface area contributed by atoms with E-state index < -0.39 is 20.0 Å². The molecular formula is C30H42N6O4S2. The molecule has 12 heteroatoms. The monoisotopic (exact) mass is 614 g/mol. The van der Waals surface area contributed by atoms with Crippen molar-refractivity contribution < 1.29 is 16.8 Å². The maximum atomic E-state index is 12.0. The van der Waals surface area contributed by atoms with Crippen molar-refractivity contribution in [2.75, 3.05) is 53.4 Å². The van der Waals surface area contributed by atoms with Crippen LogP contribution in [0.25, 0.3) is 21.8 Å². The fourth-order valence-electron chi connectivity index (χ4n) is 5.85. The Morgan fingerprint density at radius 3 is 1.45 bits per heavy atom. The van der Waals surface area contributed by atoms with Crippen LogP contribution in [0.2, 0.25) is 0 Å². The summed E-state index contributed by atoms with van der Waals surface area (Å²) in [5, 5.41) is 2.22. The normalized spacial score (nSPS) is 15.7. The highest BCUT2D eigenvalue weighted by molar-refractivity contribution is 7.88. The quantitative estimate of drug-likeness (QED) is 0.173. The number of sulfonamides is 2. The molecule has 3 heterocycles. The number of nitrogens with one attached hydrogen (secondary N) is 4. The molecule has 228 valence electrons. The molecule has 1 fully saturated rings. The van der Waals surface area contributed by atoms with Crippen LogP contribution in [0.15, 0.2) is 48.8 Å². The first-order chi connectivity index (χ1) is 20.1. The second-order valence-corrected chi connectivity index (χ2v) is 15.1. The smallest absolute Gasteiger partial charge is 0.215 e. The van der Waals surface area contributed by atoms with Crippen molar-refractivity contribution in [2.45, 2.75) is 37.2 Å². The Morgan fingerprint density at radius 2 is 1.07 bits per heavy atom. The van der Waals surface area contributed by atoms with Gasteiger partial charge in [-0.25, -0.2) is 26.3 Å².